The number of fused-ring (bicyclic) bond motifs is 1. The Morgan fingerprint density at radius 2 is 1.77 bits per heavy atom. The molecule has 0 fully saturated rings. The topological polar surface area (TPSA) is 81.0 Å². The number of hydrogen-bond acceptors (Lipinski definition) is 7. The number of benzene rings is 3. The lowest BCUT2D eigenvalue weighted by molar-refractivity contribution is 0.241. The number of rotatable bonds is 5. The third-order valence-corrected chi connectivity index (χ3v) is 9.06. The van der Waals surface area contributed by atoms with Crippen LogP contribution in [-0.4, -0.2) is 41.1 Å². The van der Waals surface area contributed by atoms with Gasteiger partial charge in [0, 0.05) is 29.7 Å². The predicted molar refractivity (Wildman–Crippen MR) is 144 cm³/mol. The van der Waals surface area contributed by atoms with Crippen molar-refractivity contribution in [3.05, 3.63) is 88.0 Å². The van der Waals surface area contributed by atoms with E-state index in [1.165, 1.54) is 13.2 Å². The molecule has 2 aliphatic heterocycles. The van der Waals surface area contributed by atoms with E-state index < -0.39 is 21.5 Å². The molecule has 39 heavy (non-hydrogen) atoms. The number of ether oxygens (including phenoxy) is 2. The molecule has 1 atom stereocenters. The maximum atomic E-state index is 13.9. The molecular formula is C29H26F2N2O5S. The minimum atomic E-state index is -3.90. The van der Waals surface area contributed by atoms with Crippen LogP contribution in [-0.2, 0) is 22.7 Å². The number of anilines is 1. The van der Waals surface area contributed by atoms with Gasteiger partial charge in [0.25, 0.3) is 0 Å². The predicted octanol–water partition coefficient (Wildman–Crippen LogP) is 5.70. The van der Waals surface area contributed by atoms with Gasteiger partial charge in [0.15, 0.2) is 23.0 Å². The normalized spacial score (nSPS) is 18.3. The summed E-state index contributed by atoms with van der Waals surface area (Å²) in [6, 6.07) is 10.4. The molecule has 1 unspecified atom stereocenters. The largest absolute Gasteiger partial charge is 0.496 e. The molecule has 202 valence electrons. The maximum Gasteiger partial charge on any atom is 0.203 e. The van der Waals surface area contributed by atoms with Crippen LogP contribution in [0.15, 0.2) is 63.4 Å². The van der Waals surface area contributed by atoms with Gasteiger partial charge in [0.1, 0.15) is 5.75 Å². The molecule has 0 aliphatic carbocycles. The molecule has 6 rings (SSSR count). The zero-order valence-electron chi connectivity index (χ0n) is 21.5. The molecule has 2 aliphatic rings. The monoisotopic (exact) mass is 552 g/mol. The summed E-state index contributed by atoms with van der Waals surface area (Å²) in [5.41, 5.74) is 4.22. The van der Waals surface area contributed by atoms with Crippen LogP contribution in [0.25, 0.3) is 16.7 Å². The minimum absolute atomic E-state index is 0.140. The minimum Gasteiger partial charge on any atom is -0.496 e. The lowest BCUT2D eigenvalue weighted by atomic mass is 9.90. The van der Waals surface area contributed by atoms with E-state index in [9.17, 15) is 17.2 Å². The number of furan rings is 1. The van der Waals surface area contributed by atoms with E-state index in [0.717, 1.165) is 34.1 Å². The fraction of sp³-hybridized carbons (Fsp3) is 0.241. The van der Waals surface area contributed by atoms with Gasteiger partial charge in [0.2, 0.25) is 9.84 Å². The summed E-state index contributed by atoms with van der Waals surface area (Å²) in [6.45, 7) is 0.671. The van der Waals surface area contributed by atoms with Crippen LogP contribution < -0.4 is 14.8 Å². The first-order chi connectivity index (χ1) is 18.7. The van der Waals surface area contributed by atoms with Crippen LogP contribution in [0.1, 0.15) is 28.3 Å². The van der Waals surface area contributed by atoms with Crippen molar-refractivity contribution in [1.29, 1.82) is 0 Å². The molecular weight excluding hydrogens is 526 g/mol. The number of sulfone groups is 1. The fourth-order valence-corrected chi connectivity index (χ4v) is 7.24. The first-order valence-electron chi connectivity index (χ1n) is 12.4. The lowest BCUT2D eigenvalue weighted by Gasteiger charge is -2.32. The quantitative estimate of drug-likeness (QED) is 0.340. The third-order valence-electron chi connectivity index (χ3n) is 7.50. The molecule has 0 spiro atoms. The van der Waals surface area contributed by atoms with E-state index in [1.54, 1.807) is 25.5 Å². The van der Waals surface area contributed by atoms with E-state index in [-0.39, 0.29) is 22.3 Å². The van der Waals surface area contributed by atoms with Gasteiger partial charge in [0.05, 0.1) is 42.0 Å². The first kappa shape index (κ1) is 25.4. The van der Waals surface area contributed by atoms with E-state index in [2.05, 4.69) is 10.2 Å². The number of hydrogen-bond donors (Lipinski definition) is 1. The summed E-state index contributed by atoms with van der Waals surface area (Å²) in [5, 5.41) is 5.07. The van der Waals surface area contributed by atoms with Gasteiger partial charge in [-0.3, -0.25) is 4.90 Å². The van der Waals surface area contributed by atoms with E-state index in [0.29, 0.717) is 47.6 Å². The Kier molecular flexibility index (Phi) is 6.11. The molecule has 3 heterocycles. The van der Waals surface area contributed by atoms with Crippen molar-refractivity contribution in [3.63, 3.8) is 0 Å². The van der Waals surface area contributed by atoms with E-state index in [4.69, 9.17) is 13.9 Å². The standard InChI is InChI=1S/C29H26F2N2O5S/c1-33-11-10-17-14-38-28-25(37-3)8-4-16(26(17)28)12-23(33)19-6-9-24(36-2)27-22(15-39(34,35)29(19)27)32-18-5-7-20(30)21(31)13-18/h4-9,13-15,23,32H,10-12H2,1-3H3. The van der Waals surface area contributed by atoms with E-state index >= 15 is 0 Å². The van der Waals surface area contributed by atoms with Gasteiger partial charge >= 0.3 is 0 Å². The molecule has 0 saturated carbocycles. The average Bonchev–Trinajstić information content (AvgIpc) is 3.45. The van der Waals surface area contributed by atoms with Crippen molar-refractivity contribution in [2.24, 2.45) is 0 Å². The van der Waals surface area contributed by atoms with Gasteiger partial charge in [-0.05, 0) is 60.8 Å². The zero-order chi connectivity index (χ0) is 27.5. The maximum absolute atomic E-state index is 13.9. The molecule has 7 nitrogen and oxygen atoms in total. The van der Waals surface area contributed by atoms with Gasteiger partial charge < -0.3 is 19.2 Å². The highest BCUT2D eigenvalue weighted by molar-refractivity contribution is 7.95. The fourth-order valence-electron chi connectivity index (χ4n) is 5.61. The molecule has 3 aromatic carbocycles. The first-order valence-corrected chi connectivity index (χ1v) is 13.9. The van der Waals surface area contributed by atoms with Crippen LogP contribution in [0, 0.1) is 11.6 Å². The second-order valence-electron chi connectivity index (χ2n) is 9.73. The van der Waals surface area contributed by atoms with Crippen molar-refractivity contribution < 1.29 is 31.1 Å². The van der Waals surface area contributed by atoms with Crippen molar-refractivity contribution in [2.75, 3.05) is 33.1 Å². The second-order valence-corrected chi connectivity index (χ2v) is 11.5. The summed E-state index contributed by atoms with van der Waals surface area (Å²) >= 11 is 0. The van der Waals surface area contributed by atoms with Crippen molar-refractivity contribution >= 4 is 32.2 Å². The number of halogens is 2. The second kappa shape index (κ2) is 9.39. The highest BCUT2D eigenvalue weighted by Gasteiger charge is 2.37. The number of nitrogens with zero attached hydrogens (tertiary/aromatic N) is 1. The smallest absolute Gasteiger partial charge is 0.203 e. The third kappa shape index (κ3) is 4.15. The number of methoxy groups -OCH3 is 2. The molecule has 4 aromatic rings. The Labute approximate surface area is 224 Å². The van der Waals surface area contributed by atoms with Gasteiger partial charge in [-0.2, -0.15) is 0 Å². The van der Waals surface area contributed by atoms with Crippen LogP contribution in [0.2, 0.25) is 0 Å². The Bertz CT molecular complexity index is 1760. The Morgan fingerprint density at radius 1 is 1.00 bits per heavy atom. The van der Waals surface area contributed by atoms with Crippen LogP contribution >= 0.6 is 0 Å². The SMILES string of the molecule is COc1ccc(C2Cc3ccc(OC)c4occ(c34)CCN2C)c2c1C(Nc1ccc(F)c(F)c1)=CS2(=O)=O. The molecule has 0 amide bonds. The summed E-state index contributed by atoms with van der Waals surface area (Å²) in [4.78, 5) is 2.28. The molecule has 0 radical (unpaired) electrons. The van der Waals surface area contributed by atoms with Crippen LogP contribution in [0.4, 0.5) is 14.5 Å². The van der Waals surface area contributed by atoms with Crippen LogP contribution in [0.3, 0.4) is 0 Å². The van der Waals surface area contributed by atoms with Crippen molar-refractivity contribution in [1.82, 2.24) is 4.90 Å². The molecule has 0 bridgehead atoms. The Balaban J connectivity index is 1.48. The van der Waals surface area contributed by atoms with Crippen molar-refractivity contribution in [3.8, 4) is 11.5 Å². The Hall–Kier alpha value is -3.89. The van der Waals surface area contributed by atoms with Gasteiger partial charge in [-0.1, -0.05) is 12.1 Å². The molecule has 1 aromatic heterocycles. The molecule has 10 heteroatoms. The summed E-state index contributed by atoms with van der Waals surface area (Å²) in [5.74, 6) is -1.03. The van der Waals surface area contributed by atoms with Crippen molar-refractivity contribution in [2.45, 2.75) is 23.8 Å². The zero-order valence-corrected chi connectivity index (χ0v) is 22.4. The number of likely N-dealkylation sites (N-methyl/N-ethyl adjacent to an activating group) is 1. The summed E-state index contributed by atoms with van der Waals surface area (Å²) in [7, 11) is 1.14. The highest BCUT2D eigenvalue weighted by atomic mass is 32.2. The molecule has 0 saturated heterocycles. The summed E-state index contributed by atoms with van der Waals surface area (Å²) in [6.07, 6.45) is 3.01. The number of nitrogens with one attached hydrogen (secondary N) is 1. The highest BCUT2D eigenvalue weighted by Crippen LogP contribution is 2.46. The van der Waals surface area contributed by atoms with Crippen LogP contribution in [0.5, 0.6) is 11.5 Å². The van der Waals surface area contributed by atoms with E-state index in [1.807, 2.05) is 19.2 Å². The van der Waals surface area contributed by atoms with Gasteiger partial charge in [-0.25, -0.2) is 17.2 Å². The average molecular weight is 553 g/mol. The molecule has 1 N–H and O–H groups in total. The lowest BCUT2D eigenvalue weighted by Crippen LogP contribution is -2.30. The Morgan fingerprint density at radius 3 is 2.51 bits per heavy atom. The summed E-state index contributed by atoms with van der Waals surface area (Å²) < 4.78 is 71.6. The van der Waals surface area contributed by atoms with Gasteiger partial charge in [-0.15, -0.1) is 0 Å².